The highest BCUT2D eigenvalue weighted by Gasteiger charge is 2.13. The maximum absolute atomic E-state index is 9.32. The summed E-state index contributed by atoms with van der Waals surface area (Å²) in [5.41, 5.74) is 2.79. The zero-order valence-corrected chi connectivity index (χ0v) is 6.78. The normalized spacial score (nSPS) is 35.5. The fourth-order valence-electron chi connectivity index (χ4n) is 1.34. The summed E-state index contributed by atoms with van der Waals surface area (Å²) in [6, 6.07) is 0. The second-order valence-electron chi connectivity index (χ2n) is 3.17. The molecule has 1 aliphatic carbocycles. The van der Waals surface area contributed by atoms with Gasteiger partial charge in [0.25, 0.3) is 0 Å². The first-order valence-electron chi connectivity index (χ1n) is 4.39. The van der Waals surface area contributed by atoms with Crippen LogP contribution in [0.1, 0.15) is 40.9 Å². The molecule has 0 radical (unpaired) electrons. The van der Waals surface area contributed by atoms with Crippen molar-refractivity contribution >= 4 is 0 Å². The van der Waals surface area contributed by atoms with Crippen molar-refractivity contribution in [3.8, 4) is 0 Å². The zero-order chi connectivity index (χ0) is 8.48. The largest absolute Gasteiger partial charge is 0.393 e. The molecule has 1 nitrogen and oxygen atoms in total. The second-order valence-corrected chi connectivity index (χ2v) is 3.17. The molecule has 1 aliphatic rings. The first-order chi connectivity index (χ1) is 5.01. The summed E-state index contributed by atoms with van der Waals surface area (Å²) in [5, 5.41) is 9.32. The van der Waals surface area contributed by atoms with Gasteiger partial charge in [-0.1, -0.05) is 11.1 Å². The van der Waals surface area contributed by atoms with Gasteiger partial charge in [-0.15, -0.1) is 0 Å². The van der Waals surface area contributed by atoms with Crippen LogP contribution in [0, 0.1) is 0 Å². The Balaban J connectivity index is 2.56. The third-order valence-corrected chi connectivity index (χ3v) is 2.14. The van der Waals surface area contributed by atoms with Crippen molar-refractivity contribution in [3.63, 3.8) is 0 Å². The first kappa shape index (κ1) is 6.41. The van der Waals surface area contributed by atoms with E-state index in [0.29, 0.717) is 12.8 Å². The summed E-state index contributed by atoms with van der Waals surface area (Å²) >= 11 is 0. The van der Waals surface area contributed by atoms with Crippen LogP contribution in [0.15, 0.2) is 11.1 Å². The molecule has 10 heavy (non-hydrogen) atoms. The van der Waals surface area contributed by atoms with Crippen LogP contribution in [0.25, 0.3) is 0 Å². The van der Waals surface area contributed by atoms with Crippen molar-refractivity contribution in [1.82, 2.24) is 0 Å². The zero-order valence-electron chi connectivity index (χ0n) is 7.78. The van der Waals surface area contributed by atoms with Crippen LogP contribution in [-0.2, 0) is 0 Å². The monoisotopic (exact) mass is 141 g/mol. The van der Waals surface area contributed by atoms with Gasteiger partial charge in [-0.25, -0.2) is 0 Å². The van der Waals surface area contributed by atoms with E-state index in [9.17, 15) is 5.11 Å². The molecule has 1 fully saturated rings. The van der Waals surface area contributed by atoms with Gasteiger partial charge in [0, 0.05) is 0 Å². The van der Waals surface area contributed by atoms with Crippen molar-refractivity contribution in [2.75, 3.05) is 0 Å². The fourth-order valence-corrected chi connectivity index (χ4v) is 1.34. The van der Waals surface area contributed by atoms with Gasteiger partial charge in [0.1, 0.15) is 0 Å². The third kappa shape index (κ3) is 1.84. The van der Waals surface area contributed by atoms with Crippen LogP contribution in [-0.4, -0.2) is 11.2 Å². The lowest BCUT2D eigenvalue weighted by atomic mass is 9.90. The minimum absolute atomic E-state index is 0.605. The van der Waals surface area contributed by atoms with E-state index < -0.39 is 6.08 Å². The summed E-state index contributed by atoms with van der Waals surface area (Å²) < 4.78 is 7.39. The van der Waals surface area contributed by atoms with Crippen LogP contribution in [0.5, 0.6) is 0 Å². The van der Waals surface area contributed by atoms with E-state index in [2.05, 4.69) is 13.8 Å². The summed E-state index contributed by atoms with van der Waals surface area (Å²) in [4.78, 5) is 0. The lowest BCUT2D eigenvalue weighted by Gasteiger charge is -2.20. The summed E-state index contributed by atoms with van der Waals surface area (Å²) in [5.74, 6) is 0. The molecule has 0 aliphatic heterocycles. The molecule has 0 aromatic carbocycles. The van der Waals surface area contributed by atoms with Gasteiger partial charge in [-0.2, -0.15) is 0 Å². The first-order valence-corrected chi connectivity index (χ1v) is 3.89. The van der Waals surface area contributed by atoms with Gasteiger partial charge < -0.3 is 5.11 Å². The van der Waals surface area contributed by atoms with Crippen LogP contribution in [0.2, 0.25) is 0 Å². The molecule has 1 saturated carbocycles. The Kier molecular flexibility index (Phi) is 2.05. The molecule has 0 saturated heterocycles. The molecule has 58 valence electrons. The molecule has 0 aromatic heterocycles. The predicted octanol–water partition coefficient (Wildman–Crippen LogP) is 2.26. The maximum atomic E-state index is 9.32. The van der Waals surface area contributed by atoms with Crippen LogP contribution < -0.4 is 0 Å². The Bertz CT molecular complexity index is 166. The minimum Gasteiger partial charge on any atom is -0.393 e. The lowest BCUT2D eigenvalue weighted by molar-refractivity contribution is 0.143. The molecule has 1 rings (SSSR count). The number of hydrogen-bond donors (Lipinski definition) is 1. The van der Waals surface area contributed by atoms with E-state index in [1.54, 1.807) is 0 Å². The second kappa shape index (κ2) is 3.20. The number of allylic oxidation sites excluding steroid dienone is 2. The Morgan fingerprint density at radius 2 is 2.00 bits per heavy atom. The topological polar surface area (TPSA) is 20.2 Å². The maximum Gasteiger partial charge on any atom is 0.0601 e. The SMILES string of the molecule is [2H]C1(O)CCC(=C(C)C)CC1. The summed E-state index contributed by atoms with van der Waals surface area (Å²) in [6.07, 6.45) is 1.88. The highest BCUT2D eigenvalue weighted by Crippen LogP contribution is 2.25. The van der Waals surface area contributed by atoms with Crippen molar-refractivity contribution in [3.05, 3.63) is 11.1 Å². The predicted molar refractivity (Wildman–Crippen MR) is 42.8 cm³/mol. The highest BCUT2D eigenvalue weighted by atomic mass is 16.3. The Morgan fingerprint density at radius 1 is 1.50 bits per heavy atom. The molecule has 1 heteroatoms. The number of aliphatic hydroxyl groups is 1. The van der Waals surface area contributed by atoms with E-state index in [1.807, 2.05) is 0 Å². The van der Waals surface area contributed by atoms with Crippen molar-refractivity contribution in [2.24, 2.45) is 0 Å². The van der Waals surface area contributed by atoms with E-state index in [0.717, 1.165) is 12.8 Å². The molecule has 0 amide bonds. The summed E-state index contributed by atoms with van der Waals surface area (Å²) in [7, 11) is 0. The Hall–Kier alpha value is -0.300. The number of rotatable bonds is 0. The van der Waals surface area contributed by atoms with Crippen LogP contribution in [0.4, 0.5) is 0 Å². The quantitative estimate of drug-likeness (QED) is 0.513. The van der Waals surface area contributed by atoms with E-state index >= 15 is 0 Å². The molecule has 0 aromatic rings. The summed E-state index contributed by atoms with van der Waals surface area (Å²) in [6.45, 7) is 4.20. The highest BCUT2D eigenvalue weighted by molar-refractivity contribution is 5.11. The van der Waals surface area contributed by atoms with Gasteiger partial charge in [0.05, 0.1) is 7.45 Å². The minimum atomic E-state index is -1.14. The average molecular weight is 141 g/mol. The van der Waals surface area contributed by atoms with Crippen molar-refractivity contribution in [1.29, 1.82) is 0 Å². The molecule has 1 N–H and O–H groups in total. The van der Waals surface area contributed by atoms with Crippen molar-refractivity contribution in [2.45, 2.75) is 45.6 Å². The molecular formula is C9H16O. The van der Waals surface area contributed by atoms with Crippen LogP contribution >= 0.6 is 0 Å². The van der Waals surface area contributed by atoms with Crippen LogP contribution in [0.3, 0.4) is 0 Å². The van der Waals surface area contributed by atoms with Gasteiger partial charge in [0.2, 0.25) is 0 Å². The fraction of sp³-hybridized carbons (Fsp3) is 0.778. The van der Waals surface area contributed by atoms with Gasteiger partial charge in [-0.3, -0.25) is 0 Å². The average Bonchev–Trinajstić information content (AvgIpc) is 1.86. The molecule has 0 unspecified atom stereocenters. The molecule has 0 bridgehead atoms. The molecular weight excluding hydrogens is 124 g/mol. The standard InChI is InChI=1S/C9H16O/c1-7(2)8-3-5-9(10)6-4-8/h9-10H,3-6H2,1-2H3/i9D. The van der Waals surface area contributed by atoms with Gasteiger partial charge >= 0.3 is 0 Å². The smallest absolute Gasteiger partial charge is 0.0601 e. The Morgan fingerprint density at radius 3 is 2.40 bits per heavy atom. The van der Waals surface area contributed by atoms with E-state index in [4.69, 9.17) is 1.37 Å². The van der Waals surface area contributed by atoms with Gasteiger partial charge in [0.15, 0.2) is 0 Å². The van der Waals surface area contributed by atoms with E-state index in [-0.39, 0.29) is 0 Å². The molecule has 0 heterocycles. The lowest BCUT2D eigenvalue weighted by Crippen LogP contribution is -2.12. The van der Waals surface area contributed by atoms with Gasteiger partial charge in [-0.05, 0) is 39.5 Å². The van der Waals surface area contributed by atoms with Crippen molar-refractivity contribution < 1.29 is 6.48 Å². The Labute approximate surface area is 64.2 Å². The van der Waals surface area contributed by atoms with E-state index in [1.165, 1.54) is 11.1 Å². The molecule has 0 atom stereocenters. The third-order valence-electron chi connectivity index (χ3n) is 2.14. The number of hydrogen-bond acceptors (Lipinski definition) is 1. The molecule has 0 spiro atoms.